The number of nitrogens with zero attached hydrogens (tertiary/aromatic N) is 2. The zero-order valence-electron chi connectivity index (χ0n) is 17.3. The number of aromatic nitrogens is 1. The molecular formula is C26H18N4O3. The van der Waals surface area contributed by atoms with Crippen molar-refractivity contribution in [1.29, 1.82) is 5.26 Å². The Morgan fingerprint density at radius 3 is 2.15 bits per heavy atom. The van der Waals surface area contributed by atoms with Gasteiger partial charge in [-0.2, -0.15) is 5.26 Å². The van der Waals surface area contributed by atoms with Gasteiger partial charge in [0.05, 0.1) is 16.8 Å². The van der Waals surface area contributed by atoms with Gasteiger partial charge < -0.3 is 16.2 Å². The summed E-state index contributed by atoms with van der Waals surface area (Å²) in [6, 6.07) is 26.3. The Labute approximate surface area is 189 Å². The molecule has 4 rings (SSSR count). The molecule has 0 bridgehead atoms. The molecule has 7 heteroatoms. The van der Waals surface area contributed by atoms with E-state index in [2.05, 4.69) is 16.4 Å². The fraction of sp³-hybridized carbons (Fsp3) is 0. The molecule has 160 valence electrons. The molecule has 0 aliphatic carbocycles. The van der Waals surface area contributed by atoms with E-state index in [1.165, 1.54) is 12.1 Å². The summed E-state index contributed by atoms with van der Waals surface area (Å²) in [6.07, 6.45) is 0. The van der Waals surface area contributed by atoms with Crippen molar-refractivity contribution in [3.8, 4) is 28.5 Å². The smallest absolute Gasteiger partial charge is 0.336 e. The number of benzene rings is 3. The Morgan fingerprint density at radius 2 is 1.52 bits per heavy atom. The summed E-state index contributed by atoms with van der Waals surface area (Å²) >= 11 is 0. The Bertz CT molecular complexity index is 1390. The van der Waals surface area contributed by atoms with Gasteiger partial charge in [-0.25, -0.2) is 9.78 Å². The number of hydrogen-bond donors (Lipinski definition) is 3. The van der Waals surface area contributed by atoms with Gasteiger partial charge in [0.15, 0.2) is 0 Å². The molecule has 4 aromatic rings. The maximum absolute atomic E-state index is 12.6. The first kappa shape index (κ1) is 21.3. The third-order valence-corrected chi connectivity index (χ3v) is 5.08. The van der Waals surface area contributed by atoms with Crippen LogP contribution >= 0.6 is 0 Å². The van der Waals surface area contributed by atoms with Gasteiger partial charge in [-0.15, -0.1) is 0 Å². The first-order valence-corrected chi connectivity index (χ1v) is 9.98. The van der Waals surface area contributed by atoms with Gasteiger partial charge in [-0.1, -0.05) is 54.6 Å². The van der Waals surface area contributed by atoms with Crippen LogP contribution in [0.1, 0.15) is 26.3 Å². The summed E-state index contributed by atoms with van der Waals surface area (Å²) < 4.78 is 0. The molecule has 33 heavy (non-hydrogen) atoms. The zero-order valence-corrected chi connectivity index (χ0v) is 17.3. The van der Waals surface area contributed by atoms with Gasteiger partial charge >= 0.3 is 5.97 Å². The van der Waals surface area contributed by atoms with E-state index >= 15 is 0 Å². The molecule has 0 unspecified atom stereocenters. The van der Waals surface area contributed by atoms with Crippen molar-refractivity contribution >= 4 is 23.4 Å². The van der Waals surface area contributed by atoms with Crippen molar-refractivity contribution in [3.05, 3.63) is 102 Å². The van der Waals surface area contributed by atoms with Gasteiger partial charge in [0.25, 0.3) is 5.91 Å². The number of pyridine rings is 1. The summed E-state index contributed by atoms with van der Waals surface area (Å²) in [5.74, 6) is -1.56. The topological polar surface area (TPSA) is 129 Å². The molecule has 0 atom stereocenters. The van der Waals surface area contributed by atoms with Crippen LogP contribution in [-0.4, -0.2) is 22.0 Å². The molecule has 0 aliphatic heterocycles. The lowest BCUT2D eigenvalue weighted by Crippen LogP contribution is -2.16. The second-order valence-corrected chi connectivity index (χ2v) is 7.18. The number of nitrogen functional groups attached to an aromatic ring is 1. The van der Waals surface area contributed by atoms with Crippen LogP contribution < -0.4 is 11.1 Å². The number of carboxylic acid groups (broad SMARTS) is 1. The highest BCUT2D eigenvalue weighted by atomic mass is 16.4. The van der Waals surface area contributed by atoms with Crippen LogP contribution in [-0.2, 0) is 0 Å². The van der Waals surface area contributed by atoms with Crippen molar-refractivity contribution in [3.63, 3.8) is 0 Å². The number of carboxylic acids is 1. The summed E-state index contributed by atoms with van der Waals surface area (Å²) in [7, 11) is 0. The second kappa shape index (κ2) is 9.04. The van der Waals surface area contributed by atoms with Crippen molar-refractivity contribution in [2.45, 2.75) is 0 Å². The maximum Gasteiger partial charge on any atom is 0.336 e. The van der Waals surface area contributed by atoms with Crippen LogP contribution in [0.15, 0.2) is 84.9 Å². The third-order valence-electron chi connectivity index (χ3n) is 5.08. The monoisotopic (exact) mass is 434 g/mol. The van der Waals surface area contributed by atoms with Crippen molar-refractivity contribution in [1.82, 2.24) is 4.98 Å². The third kappa shape index (κ3) is 4.40. The van der Waals surface area contributed by atoms with E-state index in [4.69, 9.17) is 5.73 Å². The number of nitrogens with one attached hydrogen (secondary N) is 1. The number of nitriles is 1. The number of carbonyl (C=O) groups is 2. The van der Waals surface area contributed by atoms with Crippen molar-refractivity contribution < 1.29 is 14.7 Å². The van der Waals surface area contributed by atoms with Crippen LogP contribution in [0, 0.1) is 11.3 Å². The number of hydrogen-bond acceptors (Lipinski definition) is 5. The summed E-state index contributed by atoms with van der Waals surface area (Å²) in [6.45, 7) is 0. The van der Waals surface area contributed by atoms with Crippen molar-refractivity contribution in [2.75, 3.05) is 11.1 Å². The summed E-state index contributed by atoms with van der Waals surface area (Å²) in [5, 5.41) is 21.5. The lowest BCUT2D eigenvalue weighted by Gasteiger charge is -2.11. The van der Waals surface area contributed by atoms with Crippen LogP contribution in [0.2, 0.25) is 0 Å². The van der Waals surface area contributed by atoms with Gasteiger partial charge in [0.2, 0.25) is 0 Å². The molecule has 0 saturated heterocycles. The molecule has 1 aromatic heterocycles. The average Bonchev–Trinajstić information content (AvgIpc) is 2.84. The predicted octanol–water partition coefficient (Wildman–Crippen LogP) is 4.82. The maximum atomic E-state index is 12.6. The standard InChI is InChI=1S/C26H18N4O3/c27-15-22-21(16-6-2-1-3-7-16)14-23(30-24(22)28)17-10-12-18(13-11-17)29-25(31)19-8-4-5-9-20(19)26(32)33/h1-14H,(H2,28,30)(H,29,31)(H,32,33). The summed E-state index contributed by atoms with van der Waals surface area (Å²) in [4.78, 5) is 28.3. The fourth-order valence-corrected chi connectivity index (χ4v) is 3.47. The van der Waals surface area contributed by atoms with E-state index in [1.807, 2.05) is 30.3 Å². The number of carbonyl (C=O) groups excluding carboxylic acids is 1. The minimum Gasteiger partial charge on any atom is -0.478 e. The van der Waals surface area contributed by atoms with E-state index in [9.17, 15) is 20.0 Å². The number of aromatic carboxylic acids is 1. The van der Waals surface area contributed by atoms with Crippen LogP contribution in [0.25, 0.3) is 22.4 Å². The highest BCUT2D eigenvalue weighted by molar-refractivity contribution is 6.10. The highest BCUT2D eigenvalue weighted by Gasteiger charge is 2.16. The molecular weight excluding hydrogens is 416 g/mol. The fourth-order valence-electron chi connectivity index (χ4n) is 3.47. The molecule has 3 aromatic carbocycles. The van der Waals surface area contributed by atoms with Gasteiger partial charge in [-0.3, -0.25) is 4.79 Å². The number of anilines is 2. The molecule has 0 aliphatic rings. The van der Waals surface area contributed by atoms with E-state index in [0.717, 1.165) is 11.1 Å². The Morgan fingerprint density at radius 1 is 0.879 bits per heavy atom. The van der Waals surface area contributed by atoms with Crippen molar-refractivity contribution in [2.24, 2.45) is 0 Å². The molecule has 0 radical (unpaired) electrons. The molecule has 1 amide bonds. The minimum atomic E-state index is -1.17. The van der Waals surface area contributed by atoms with E-state index in [-0.39, 0.29) is 16.9 Å². The number of nitrogens with two attached hydrogens (primary N) is 1. The first-order valence-electron chi connectivity index (χ1n) is 9.98. The van der Waals surface area contributed by atoms with E-state index < -0.39 is 11.9 Å². The lowest BCUT2D eigenvalue weighted by atomic mass is 9.98. The quantitative estimate of drug-likeness (QED) is 0.413. The number of amides is 1. The number of rotatable bonds is 5. The van der Waals surface area contributed by atoms with Gasteiger partial charge in [0, 0.05) is 16.8 Å². The molecule has 4 N–H and O–H groups in total. The molecule has 1 heterocycles. The SMILES string of the molecule is N#Cc1c(-c2ccccc2)cc(-c2ccc(NC(=O)c3ccccc3C(=O)O)cc2)nc1N. The zero-order chi connectivity index (χ0) is 23.4. The Hall–Kier alpha value is -4.96. The van der Waals surface area contributed by atoms with E-state index in [1.54, 1.807) is 42.5 Å². The van der Waals surface area contributed by atoms with E-state index in [0.29, 0.717) is 22.5 Å². The minimum absolute atomic E-state index is 0.0719. The average molecular weight is 434 g/mol. The van der Waals surface area contributed by atoms with Gasteiger partial charge in [-0.05, 0) is 35.9 Å². The lowest BCUT2D eigenvalue weighted by molar-refractivity contribution is 0.0692. The Kier molecular flexibility index (Phi) is 5.83. The molecule has 0 saturated carbocycles. The summed E-state index contributed by atoms with van der Waals surface area (Å²) in [5.41, 5.74) is 9.73. The first-order chi connectivity index (χ1) is 16.0. The predicted molar refractivity (Wildman–Crippen MR) is 126 cm³/mol. The van der Waals surface area contributed by atoms with Crippen LogP contribution in [0.4, 0.5) is 11.5 Å². The molecule has 0 fully saturated rings. The molecule has 0 spiro atoms. The largest absolute Gasteiger partial charge is 0.478 e. The highest BCUT2D eigenvalue weighted by Crippen LogP contribution is 2.31. The van der Waals surface area contributed by atoms with Crippen LogP contribution in [0.3, 0.4) is 0 Å². The normalized spacial score (nSPS) is 10.3. The van der Waals surface area contributed by atoms with Crippen LogP contribution in [0.5, 0.6) is 0 Å². The molecule has 7 nitrogen and oxygen atoms in total. The Balaban J connectivity index is 1.63. The second-order valence-electron chi connectivity index (χ2n) is 7.18. The van der Waals surface area contributed by atoms with Gasteiger partial charge in [0.1, 0.15) is 17.5 Å².